The second-order valence-corrected chi connectivity index (χ2v) is 5.46. The number of nitrogens with one attached hydrogen (secondary N) is 1. The molecule has 1 heterocycles. The minimum atomic E-state index is -0.903. The van der Waals surface area contributed by atoms with E-state index in [-0.39, 0.29) is 5.82 Å². The smallest absolute Gasteiger partial charge is 0.222 e. The second-order valence-electron chi connectivity index (χ2n) is 5.46. The van der Waals surface area contributed by atoms with Crippen LogP contribution in [0.15, 0.2) is 60.9 Å². The van der Waals surface area contributed by atoms with E-state index in [9.17, 15) is 9.50 Å². The van der Waals surface area contributed by atoms with Gasteiger partial charge in [-0.05, 0) is 35.4 Å². The fourth-order valence-corrected chi connectivity index (χ4v) is 2.32. The van der Waals surface area contributed by atoms with Crippen molar-refractivity contribution in [1.29, 1.82) is 5.26 Å². The monoisotopic (exact) mass is 334 g/mol. The molecule has 5 nitrogen and oxygen atoms in total. The Balaban J connectivity index is 1.67. The third-order valence-corrected chi connectivity index (χ3v) is 3.68. The van der Waals surface area contributed by atoms with Gasteiger partial charge in [-0.3, -0.25) is 0 Å². The molecule has 6 heteroatoms. The van der Waals surface area contributed by atoms with Gasteiger partial charge in [-0.15, -0.1) is 0 Å². The highest BCUT2D eigenvalue weighted by Gasteiger charge is 2.12. The van der Waals surface area contributed by atoms with Crippen molar-refractivity contribution >= 4 is 5.95 Å². The van der Waals surface area contributed by atoms with Crippen LogP contribution >= 0.6 is 0 Å². The van der Waals surface area contributed by atoms with Crippen molar-refractivity contribution in [3.8, 4) is 6.07 Å². The molecule has 0 fully saturated rings. The van der Waals surface area contributed by atoms with Gasteiger partial charge in [0.1, 0.15) is 11.9 Å². The molecule has 1 atom stereocenters. The molecule has 2 aromatic carbocycles. The molecule has 0 aliphatic rings. The van der Waals surface area contributed by atoms with Gasteiger partial charge in [0.25, 0.3) is 0 Å². The fourth-order valence-electron chi connectivity index (χ4n) is 2.32. The van der Waals surface area contributed by atoms with Gasteiger partial charge >= 0.3 is 0 Å². The number of benzene rings is 2. The quantitative estimate of drug-likeness (QED) is 0.749. The van der Waals surface area contributed by atoms with Gasteiger partial charge in [0.05, 0.1) is 11.6 Å². The molecule has 0 aliphatic carbocycles. The summed E-state index contributed by atoms with van der Waals surface area (Å²) in [6.07, 6.45) is 2.16. The number of anilines is 1. The number of aliphatic hydroxyl groups excluding tert-OH is 1. The number of hydrogen-bond donors (Lipinski definition) is 2. The Labute approximate surface area is 144 Å². The highest BCUT2D eigenvalue weighted by atomic mass is 19.1. The summed E-state index contributed by atoms with van der Waals surface area (Å²) in [6.45, 7) is 0.465. The number of aliphatic hydroxyl groups is 1. The molecule has 0 bridgehead atoms. The molecule has 124 valence electrons. The Kier molecular flexibility index (Phi) is 4.97. The number of nitriles is 1. The molecule has 0 amide bonds. The van der Waals surface area contributed by atoms with Crippen LogP contribution < -0.4 is 5.32 Å². The zero-order chi connectivity index (χ0) is 17.6. The Morgan fingerprint density at radius 3 is 2.48 bits per heavy atom. The second kappa shape index (κ2) is 7.51. The van der Waals surface area contributed by atoms with Gasteiger partial charge in [-0.1, -0.05) is 24.3 Å². The predicted octanol–water partition coefficient (Wildman–Crippen LogP) is 3.18. The van der Waals surface area contributed by atoms with Gasteiger partial charge in [-0.2, -0.15) is 5.26 Å². The molecule has 0 radical (unpaired) electrons. The lowest BCUT2D eigenvalue weighted by atomic mass is 10.0. The Hall–Kier alpha value is -3.30. The first-order chi connectivity index (χ1) is 12.2. The zero-order valence-corrected chi connectivity index (χ0v) is 13.2. The summed E-state index contributed by atoms with van der Waals surface area (Å²) >= 11 is 0. The molecule has 1 aromatic heterocycles. The van der Waals surface area contributed by atoms with E-state index in [0.717, 1.165) is 5.56 Å². The van der Waals surface area contributed by atoms with Crippen molar-refractivity contribution < 1.29 is 9.50 Å². The normalized spacial score (nSPS) is 11.6. The number of hydrogen-bond acceptors (Lipinski definition) is 5. The third-order valence-electron chi connectivity index (χ3n) is 3.68. The van der Waals surface area contributed by atoms with Gasteiger partial charge in [0.2, 0.25) is 5.95 Å². The van der Waals surface area contributed by atoms with Crippen LogP contribution in [0.2, 0.25) is 0 Å². The van der Waals surface area contributed by atoms with Crippen molar-refractivity contribution in [1.82, 2.24) is 9.97 Å². The molecule has 2 N–H and O–H groups in total. The molecule has 1 unspecified atom stereocenters. The average Bonchev–Trinajstić information content (AvgIpc) is 2.67. The first-order valence-electron chi connectivity index (χ1n) is 7.64. The third kappa shape index (κ3) is 4.16. The predicted molar refractivity (Wildman–Crippen MR) is 91.0 cm³/mol. The maximum Gasteiger partial charge on any atom is 0.222 e. The maximum absolute atomic E-state index is 12.9. The van der Waals surface area contributed by atoms with Crippen LogP contribution in [0, 0.1) is 17.1 Å². The standard InChI is InChI=1S/C19H15FN4O/c20-17-6-4-13(5-7-17)10-22-19-23-11-16(12-24-19)18(25)15-3-1-2-14(8-15)9-21/h1-8,11-12,18,25H,10H2,(H,22,23,24). The van der Waals surface area contributed by atoms with Crippen molar-refractivity contribution in [3.63, 3.8) is 0 Å². The number of halogens is 1. The first-order valence-corrected chi connectivity index (χ1v) is 7.64. The molecule has 0 aliphatic heterocycles. The summed E-state index contributed by atoms with van der Waals surface area (Å²) in [5, 5.41) is 22.4. The van der Waals surface area contributed by atoms with E-state index in [1.807, 2.05) is 6.07 Å². The van der Waals surface area contributed by atoms with Crippen LogP contribution in [-0.2, 0) is 6.54 Å². The SMILES string of the molecule is N#Cc1cccc(C(O)c2cnc(NCc3ccc(F)cc3)nc2)c1. The lowest BCUT2D eigenvalue weighted by Crippen LogP contribution is -2.06. The van der Waals surface area contributed by atoms with E-state index in [1.54, 1.807) is 36.4 Å². The number of aromatic nitrogens is 2. The zero-order valence-electron chi connectivity index (χ0n) is 13.2. The van der Waals surface area contributed by atoms with Crippen molar-refractivity contribution in [2.24, 2.45) is 0 Å². The number of rotatable bonds is 5. The van der Waals surface area contributed by atoms with E-state index in [4.69, 9.17) is 5.26 Å². The molecule has 0 saturated carbocycles. The molecule has 3 aromatic rings. The molecular weight excluding hydrogens is 319 g/mol. The van der Waals surface area contributed by atoms with Gasteiger partial charge in [0.15, 0.2) is 0 Å². The number of nitrogens with zero attached hydrogens (tertiary/aromatic N) is 3. The summed E-state index contributed by atoms with van der Waals surface area (Å²) in [6, 6.07) is 15.0. The van der Waals surface area contributed by atoms with Gasteiger partial charge in [0, 0.05) is 24.5 Å². The minimum Gasteiger partial charge on any atom is -0.384 e. The Morgan fingerprint density at radius 1 is 1.08 bits per heavy atom. The highest BCUT2D eigenvalue weighted by Crippen LogP contribution is 2.22. The summed E-state index contributed by atoms with van der Waals surface area (Å²) in [4.78, 5) is 8.36. The van der Waals surface area contributed by atoms with Crippen molar-refractivity contribution in [2.75, 3.05) is 5.32 Å². The molecule has 3 rings (SSSR count). The van der Waals surface area contributed by atoms with Crippen LogP contribution in [-0.4, -0.2) is 15.1 Å². The largest absolute Gasteiger partial charge is 0.384 e. The highest BCUT2D eigenvalue weighted by molar-refractivity contribution is 5.37. The molecule has 0 saturated heterocycles. The summed E-state index contributed by atoms with van der Waals surface area (Å²) < 4.78 is 12.9. The first kappa shape index (κ1) is 16.6. The topological polar surface area (TPSA) is 81.8 Å². The summed E-state index contributed by atoms with van der Waals surface area (Å²) in [5.74, 6) is 0.129. The van der Waals surface area contributed by atoms with E-state index >= 15 is 0 Å². The van der Waals surface area contributed by atoms with Crippen molar-refractivity contribution in [2.45, 2.75) is 12.6 Å². The van der Waals surface area contributed by atoms with E-state index in [1.165, 1.54) is 24.5 Å². The van der Waals surface area contributed by atoms with E-state index in [2.05, 4.69) is 15.3 Å². The summed E-state index contributed by atoms with van der Waals surface area (Å²) in [5.41, 5.74) is 2.52. The lowest BCUT2D eigenvalue weighted by molar-refractivity contribution is 0.219. The lowest BCUT2D eigenvalue weighted by Gasteiger charge is -2.12. The van der Waals surface area contributed by atoms with Crippen LogP contribution in [0.1, 0.15) is 28.4 Å². The molecule has 0 spiro atoms. The molecule has 25 heavy (non-hydrogen) atoms. The molecular formula is C19H15FN4O. The van der Waals surface area contributed by atoms with Crippen LogP contribution in [0.25, 0.3) is 0 Å². The summed E-state index contributed by atoms with van der Waals surface area (Å²) in [7, 11) is 0. The minimum absolute atomic E-state index is 0.279. The van der Waals surface area contributed by atoms with E-state index in [0.29, 0.717) is 29.2 Å². The van der Waals surface area contributed by atoms with E-state index < -0.39 is 6.10 Å². The van der Waals surface area contributed by atoms with Crippen LogP contribution in [0.5, 0.6) is 0 Å². The van der Waals surface area contributed by atoms with Crippen LogP contribution in [0.4, 0.5) is 10.3 Å². The van der Waals surface area contributed by atoms with Gasteiger partial charge < -0.3 is 10.4 Å². The Morgan fingerprint density at radius 2 is 1.80 bits per heavy atom. The van der Waals surface area contributed by atoms with Gasteiger partial charge in [-0.25, -0.2) is 14.4 Å². The van der Waals surface area contributed by atoms with Crippen LogP contribution in [0.3, 0.4) is 0 Å². The maximum atomic E-state index is 12.9. The van der Waals surface area contributed by atoms with Crippen molar-refractivity contribution in [3.05, 3.63) is 89.0 Å². The average molecular weight is 334 g/mol. The Bertz CT molecular complexity index is 889. The fraction of sp³-hybridized carbons (Fsp3) is 0.105.